The monoisotopic (exact) mass is 597 g/mol. The minimum atomic E-state index is -4.96. The number of aromatic nitrogens is 4. The number of halogens is 5. The molecule has 0 aliphatic rings. The largest absolute Gasteiger partial charge is 0.573 e. The topological polar surface area (TPSA) is 166 Å². The van der Waals surface area contributed by atoms with Crippen molar-refractivity contribution in [2.24, 2.45) is 11.6 Å². The first-order valence-corrected chi connectivity index (χ1v) is 12.3. The van der Waals surface area contributed by atoms with Gasteiger partial charge in [0.1, 0.15) is 23.6 Å². The Kier molecular flexibility index (Phi) is 10.7. The number of alkyl halides is 4. The number of nitrogens with one attached hydrogen (secondary N) is 2. The molecule has 3 rings (SSSR count). The Balaban J connectivity index is 1.42. The van der Waals surface area contributed by atoms with E-state index in [9.17, 15) is 31.5 Å². The molecule has 0 spiro atoms. The highest BCUT2D eigenvalue weighted by atomic mass is 19.4. The number of aryl methyl sites for hydroxylation is 2. The van der Waals surface area contributed by atoms with E-state index in [-0.39, 0.29) is 43.0 Å². The van der Waals surface area contributed by atoms with Crippen molar-refractivity contribution in [2.45, 2.75) is 45.4 Å². The second-order valence-corrected chi connectivity index (χ2v) is 9.05. The molecule has 2 amide bonds. The summed E-state index contributed by atoms with van der Waals surface area (Å²) in [4.78, 5) is 28.5. The number of amides is 2. The number of pyridine rings is 1. The lowest BCUT2D eigenvalue weighted by Crippen LogP contribution is -2.36. The Morgan fingerprint density at radius 2 is 2.00 bits per heavy atom. The van der Waals surface area contributed by atoms with E-state index in [1.807, 2.05) is 6.92 Å². The lowest BCUT2D eigenvalue weighted by molar-refractivity contribution is -0.274. The van der Waals surface area contributed by atoms with Gasteiger partial charge in [0.05, 0.1) is 25.4 Å². The number of ether oxygens (including phenoxy) is 1. The van der Waals surface area contributed by atoms with Gasteiger partial charge in [-0.05, 0) is 36.8 Å². The van der Waals surface area contributed by atoms with Crippen molar-refractivity contribution >= 4 is 11.8 Å². The summed E-state index contributed by atoms with van der Waals surface area (Å²) in [6.45, 7) is 1.11. The van der Waals surface area contributed by atoms with E-state index >= 15 is 0 Å². The average Bonchev–Trinajstić information content (AvgIpc) is 3.37. The third-order valence-electron chi connectivity index (χ3n) is 5.47. The average molecular weight is 598 g/mol. The van der Waals surface area contributed by atoms with Crippen LogP contribution in [-0.2, 0) is 24.3 Å². The Hall–Kier alpha value is -4.80. The molecule has 2 heterocycles. The van der Waals surface area contributed by atoms with Gasteiger partial charge in [0, 0.05) is 37.0 Å². The number of hydrogen-bond donors (Lipinski definition) is 4. The molecular weight excluding hydrogens is 569 g/mol. The van der Waals surface area contributed by atoms with Crippen molar-refractivity contribution < 1.29 is 36.3 Å². The molecule has 0 fully saturated rings. The highest BCUT2D eigenvalue weighted by Crippen LogP contribution is 2.24. The summed E-state index contributed by atoms with van der Waals surface area (Å²) >= 11 is 0. The van der Waals surface area contributed by atoms with Crippen molar-refractivity contribution in [2.75, 3.05) is 6.54 Å². The molecule has 0 aliphatic carbocycles. The van der Waals surface area contributed by atoms with Crippen LogP contribution >= 0.6 is 0 Å². The Morgan fingerprint density at radius 3 is 2.69 bits per heavy atom. The minimum absolute atomic E-state index is 0.0151. The SMILES string of the molecule is Cc1ccc(CC(=O)N/C(N)=C/N(N)CC(F)CCn2cc(C(=O)NCc3cc(OC(F)(F)F)ccc3F)nn2)cn1. The number of nitrogens with zero attached hydrogens (tertiary/aromatic N) is 5. The van der Waals surface area contributed by atoms with Crippen molar-refractivity contribution in [3.63, 3.8) is 0 Å². The van der Waals surface area contributed by atoms with E-state index in [0.29, 0.717) is 5.56 Å². The lowest BCUT2D eigenvalue weighted by atomic mass is 10.2. The van der Waals surface area contributed by atoms with Gasteiger partial charge in [0.25, 0.3) is 5.91 Å². The molecule has 0 saturated carbocycles. The highest BCUT2D eigenvalue weighted by molar-refractivity contribution is 5.91. The zero-order valence-electron chi connectivity index (χ0n) is 22.2. The van der Waals surface area contributed by atoms with E-state index in [2.05, 4.69) is 30.7 Å². The molecule has 1 atom stereocenters. The van der Waals surface area contributed by atoms with Gasteiger partial charge in [-0.1, -0.05) is 11.3 Å². The summed E-state index contributed by atoms with van der Waals surface area (Å²) in [7, 11) is 0. The third kappa shape index (κ3) is 10.6. The van der Waals surface area contributed by atoms with Crippen molar-refractivity contribution in [1.82, 2.24) is 35.6 Å². The fraction of sp³-hybridized carbons (Fsp3) is 0.320. The molecule has 12 nitrogen and oxygen atoms in total. The van der Waals surface area contributed by atoms with E-state index in [0.717, 1.165) is 28.9 Å². The molecule has 42 heavy (non-hydrogen) atoms. The maximum Gasteiger partial charge on any atom is 0.573 e. The predicted octanol–water partition coefficient (Wildman–Crippen LogP) is 1.97. The van der Waals surface area contributed by atoms with Crippen molar-refractivity contribution in [3.05, 3.63) is 83.1 Å². The van der Waals surface area contributed by atoms with Crippen LogP contribution in [0.25, 0.3) is 0 Å². The molecule has 0 radical (unpaired) electrons. The van der Waals surface area contributed by atoms with Gasteiger partial charge in [0.15, 0.2) is 5.69 Å². The Morgan fingerprint density at radius 1 is 1.24 bits per heavy atom. The zero-order valence-corrected chi connectivity index (χ0v) is 22.2. The number of hydrogen-bond acceptors (Lipinski definition) is 9. The predicted molar refractivity (Wildman–Crippen MR) is 138 cm³/mol. The van der Waals surface area contributed by atoms with Crippen LogP contribution in [0.15, 0.2) is 54.7 Å². The quantitative estimate of drug-likeness (QED) is 0.131. The lowest BCUT2D eigenvalue weighted by Gasteiger charge is -2.18. The molecule has 0 aliphatic heterocycles. The van der Waals surface area contributed by atoms with Crippen molar-refractivity contribution in [3.8, 4) is 5.75 Å². The molecule has 1 aromatic carbocycles. The van der Waals surface area contributed by atoms with E-state index in [1.54, 1.807) is 18.3 Å². The summed E-state index contributed by atoms with van der Waals surface area (Å²) in [6.07, 6.45) is -2.48. The second-order valence-electron chi connectivity index (χ2n) is 9.05. The van der Waals surface area contributed by atoms with Gasteiger partial charge in [-0.2, -0.15) is 0 Å². The van der Waals surface area contributed by atoms with Gasteiger partial charge >= 0.3 is 6.36 Å². The number of carbonyl (C=O) groups is 2. The molecule has 6 N–H and O–H groups in total. The fourth-order valence-corrected chi connectivity index (χ4v) is 3.51. The van der Waals surface area contributed by atoms with Gasteiger partial charge in [0.2, 0.25) is 5.91 Å². The number of rotatable bonds is 13. The summed E-state index contributed by atoms with van der Waals surface area (Å²) in [5.41, 5.74) is 6.84. The van der Waals surface area contributed by atoms with Crippen LogP contribution in [0.2, 0.25) is 0 Å². The fourth-order valence-electron chi connectivity index (χ4n) is 3.51. The number of nitrogens with two attached hydrogens (primary N) is 2. The Bertz CT molecular complexity index is 1400. The Labute approximate surface area is 236 Å². The molecule has 0 saturated heterocycles. The van der Waals surface area contributed by atoms with Gasteiger partial charge < -0.3 is 26.1 Å². The summed E-state index contributed by atoms with van der Waals surface area (Å²) in [5, 5.41) is 13.1. The highest BCUT2D eigenvalue weighted by Gasteiger charge is 2.31. The van der Waals surface area contributed by atoms with E-state index in [4.69, 9.17) is 11.6 Å². The maximum atomic E-state index is 14.5. The maximum absolute atomic E-state index is 14.5. The summed E-state index contributed by atoms with van der Waals surface area (Å²) in [5.74, 6) is 3.00. The van der Waals surface area contributed by atoms with Gasteiger partial charge in [-0.15, -0.1) is 18.3 Å². The number of carbonyl (C=O) groups excluding carboxylic acids is 2. The third-order valence-corrected chi connectivity index (χ3v) is 5.47. The van der Waals surface area contributed by atoms with Crippen LogP contribution in [0.1, 0.15) is 33.7 Å². The first-order chi connectivity index (χ1) is 19.8. The van der Waals surface area contributed by atoms with Gasteiger partial charge in [-0.25, -0.2) is 14.6 Å². The standard InChI is InChI=1S/C25H28F5N9O3/c1-15-2-3-16(10-33-15)8-23(40)35-22(31)14-38(32)12-18(26)6-7-39-13-21(36-37-39)24(41)34-11-17-9-19(4-5-20(17)27)42-25(28,29)30/h2-5,9-10,13-14,18H,6-8,11-12,31-32H2,1H3,(H,34,41)(H,35,40)/b22-14+. The minimum Gasteiger partial charge on any atom is -0.406 e. The summed E-state index contributed by atoms with van der Waals surface area (Å²) < 4.78 is 70.5. The summed E-state index contributed by atoms with van der Waals surface area (Å²) in [6, 6.07) is 5.92. The van der Waals surface area contributed by atoms with Crippen LogP contribution in [0.3, 0.4) is 0 Å². The van der Waals surface area contributed by atoms with Crippen LogP contribution in [0, 0.1) is 12.7 Å². The second kappa shape index (κ2) is 14.2. The van der Waals surface area contributed by atoms with Crippen LogP contribution in [-0.4, -0.2) is 55.9 Å². The molecular formula is C25H28F5N9O3. The molecule has 2 aromatic heterocycles. The molecule has 1 unspecified atom stereocenters. The van der Waals surface area contributed by atoms with E-state index in [1.165, 1.54) is 17.1 Å². The molecule has 0 bridgehead atoms. The van der Waals surface area contributed by atoms with Gasteiger partial charge in [-0.3, -0.25) is 19.3 Å². The normalized spacial score (nSPS) is 12.5. The first-order valence-electron chi connectivity index (χ1n) is 12.3. The molecule has 3 aromatic rings. The zero-order chi connectivity index (χ0) is 30.9. The van der Waals surface area contributed by atoms with Crippen LogP contribution in [0.4, 0.5) is 22.0 Å². The molecule has 226 valence electrons. The number of benzene rings is 1. The van der Waals surface area contributed by atoms with Crippen LogP contribution < -0.4 is 26.9 Å². The van der Waals surface area contributed by atoms with Crippen molar-refractivity contribution in [1.29, 1.82) is 0 Å². The first kappa shape index (κ1) is 31.7. The smallest absolute Gasteiger partial charge is 0.406 e. The molecule has 17 heteroatoms. The number of hydrazine groups is 1. The van der Waals surface area contributed by atoms with E-state index < -0.39 is 42.5 Å². The van der Waals surface area contributed by atoms with Crippen LogP contribution in [0.5, 0.6) is 5.75 Å².